The van der Waals surface area contributed by atoms with Gasteiger partial charge in [-0.05, 0) is 20.0 Å². The predicted octanol–water partition coefficient (Wildman–Crippen LogP) is 1.21. The Bertz CT molecular complexity index is 361. The number of rotatable bonds is 3. The van der Waals surface area contributed by atoms with Crippen LogP contribution in [0.15, 0.2) is 24.3 Å². The lowest BCUT2D eigenvalue weighted by Gasteiger charge is -2.34. The number of benzene rings is 1. The number of phenols is 1. The van der Waals surface area contributed by atoms with Crippen LogP contribution < -0.4 is 5.43 Å². The first kappa shape index (κ1) is 12.4. The van der Waals surface area contributed by atoms with Crippen LogP contribution in [0.2, 0.25) is 0 Å². The standard InChI is InChI=1S/C13H21N3O/c1-11(12-5-3-4-6-13(12)17)14-16-9-7-15(2)8-10-16/h3-6,11,14,17H,7-10H2,1-2H3. The molecule has 1 aliphatic rings. The number of hydrazine groups is 1. The van der Waals surface area contributed by atoms with Gasteiger partial charge in [-0.25, -0.2) is 10.4 Å². The molecule has 0 aromatic heterocycles. The Kier molecular flexibility index (Phi) is 3.99. The van der Waals surface area contributed by atoms with E-state index in [1.54, 1.807) is 6.07 Å². The van der Waals surface area contributed by atoms with Crippen LogP contribution in [0, 0.1) is 0 Å². The first-order chi connectivity index (χ1) is 8.16. The second-order valence-electron chi connectivity index (χ2n) is 4.70. The van der Waals surface area contributed by atoms with E-state index in [4.69, 9.17) is 0 Å². The zero-order valence-corrected chi connectivity index (χ0v) is 10.6. The Morgan fingerprint density at radius 1 is 1.18 bits per heavy atom. The van der Waals surface area contributed by atoms with Gasteiger partial charge in [-0.1, -0.05) is 18.2 Å². The molecule has 1 aromatic carbocycles. The van der Waals surface area contributed by atoms with Crippen LogP contribution >= 0.6 is 0 Å². The summed E-state index contributed by atoms with van der Waals surface area (Å²) in [4.78, 5) is 2.32. The molecule has 17 heavy (non-hydrogen) atoms. The monoisotopic (exact) mass is 235 g/mol. The van der Waals surface area contributed by atoms with Crippen molar-refractivity contribution in [1.29, 1.82) is 0 Å². The third-order valence-corrected chi connectivity index (χ3v) is 3.28. The van der Waals surface area contributed by atoms with Gasteiger partial charge in [-0.15, -0.1) is 0 Å². The third kappa shape index (κ3) is 3.19. The largest absolute Gasteiger partial charge is 0.508 e. The zero-order chi connectivity index (χ0) is 12.3. The van der Waals surface area contributed by atoms with Gasteiger partial charge in [0.15, 0.2) is 0 Å². The molecule has 0 bridgehead atoms. The zero-order valence-electron chi connectivity index (χ0n) is 10.6. The summed E-state index contributed by atoms with van der Waals surface area (Å²) in [5.74, 6) is 0.363. The normalized spacial score (nSPS) is 20.4. The summed E-state index contributed by atoms with van der Waals surface area (Å²) in [6.07, 6.45) is 0. The number of nitrogens with zero attached hydrogens (tertiary/aromatic N) is 2. The molecule has 2 N–H and O–H groups in total. The summed E-state index contributed by atoms with van der Waals surface area (Å²) >= 11 is 0. The summed E-state index contributed by atoms with van der Waals surface area (Å²) in [5, 5.41) is 12.0. The molecule has 4 nitrogen and oxygen atoms in total. The maximum Gasteiger partial charge on any atom is 0.120 e. The van der Waals surface area contributed by atoms with Gasteiger partial charge in [0.05, 0.1) is 0 Å². The van der Waals surface area contributed by atoms with Crippen molar-refractivity contribution in [3.8, 4) is 5.75 Å². The van der Waals surface area contributed by atoms with Gasteiger partial charge in [-0.2, -0.15) is 0 Å². The first-order valence-electron chi connectivity index (χ1n) is 6.14. The number of hydrogen-bond acceptors (Lipinski definition) is 4. The SMILES string of the molecule is CC(NN1CCN(C)CC1)c1ccccc1O. The molecular weight excluding hydrogens is 214 g/mol. The molecule has 1 aliphatic heterocycles. The molecule has 0 saturated carbocycles. The highest BCUT2D eigenvalue weighted by Gasteiger charge is 2.17. The van der Waals surface area contributed by atoms with Gasteiger partial charge in [0.2, 0.25) is 0 Å². The molecule has 94 valence electrons. The molecule has 0 amide bonds. The lowest BCUT2D eigenvalue weighted by atomic mass is 10.1. The maximum absolute atomic E-state index is 9.79. The van der Waals surface area contributed by atoms with E-state index in [2.05, 4.69) is 29.3 Å². The predicted molar refractivity (Wildman–Crippen MR) is 68.7 cm³/mol. The smallest absolute Gasteiger partial charge is 0.120 e. The Morgan fingerprint density at radius 2 is 1.82 bits per heavy atom. The quantitative estimate of drug-likeness (QED) is 0.826. The Balaban J connectivity index is 1.93. The lowest BCUT2D eigenvalue weighted by Crippen LogP contribution is -2.51. The molecular formula is C13H21N3O. The number of likely N-dealkylation sites (N-methyl/N-ethyl adjacent to an activating group) is 1. The van der Waals surface area contributed by atoms with E-state index in [1.807, 2.05) is 18.2 Å². The van der Waals surface area contributed by atoms with Crippen molar-refractivity contribution in [2.24, 2.45) is 0 Å². The Hall–Kier alpha value is -1.10. The fraction of sp³-hybridized carbons (Fsp3) is 0.538. The summed E-state index contributed by atoms with van der Waals surface area (Å²) in [5.41, 5.74) is 4.39. The van der Waals surface area contributed by atoms with E-state index in [9.17, 15) is 5.11 Å². The molecule has 1 atom stereocenters. The highest BCUT2D eigenvalue weighted by atomic mass is 16.3. The van der Waals surface area contributed by atoms with Crippen LogP contribution in [0.1, 0.15) is 18.5 Å². The molecule has 0 radical (unpaired) electrons. The average Bonchev–Trinajstić information content (AvgIpc) is 2.32. The van der Waals surface area contributed by atoms with Gasteiger partial charge in [-0.3, -0.25) is 0 Å². The van der Waals surface area contributed by atoms with E-state index >= 15 is 0 Å². The number of para-hydroxylation sites is 1. The third-order valence-electron chi connectivity index (χ3n) is 3.28. The fourth-order valence-electron chi connectivity index (χ4n) is 2.13. The van der Waals surface area contributed by atoms with E-state index in [-0.39, 0.29) is 6.04 Å². The number of aromatic hydroxyl groups is 1. The van der Waals surface area contributed by atoms with Crippen molar-refractivity contribution < 1.29 is 5.11 Å². The Morgan fingerprint density at radius 3 is 2.47 bits per heavy atom. The first-order valence-corrected chi connectivity index (χ1v) is 6.14. The highest BCUT2D eigenvalue weighted by Crippen LogP contribution is 2.23. The number of hydrogen-bond donors (Lipinski definition) is 2. The molecule has 0 spiro atoms. The van der Waals surface area contributed by atoms with E-state index in [1.165, 1.54) is 0 Å². The molecule has 1 heterocycles. The van der Waals surface area contributed by atoms with Crippen molar-refractivity contribution in [2.45, 2.75) is 13.0 Å². The fourth-order valence-corrected chi connectivity index (χ4v) is 2.13. The number of phenolic OH excluding ortho intramolecular Hbond substituents is 1. The van der Waals surface area contributed by atoms with Crippen molar-refractivity contribution >= 4 is 0 Å². The van der Waals surface area contributed by atoms with E-state index < -0.39 is 0 Å². The van der Waals surface area contributed by atoms with Crippen molar-refractivity contribution in [1.82, 2.24) is 15.3 Å². The molecule has 4 heteroatoms. The average molecular weight is 235 g/mol. The lowest BCUT2D eigenvalue weighted by molar-refractivity contribution is 0.0894. The summed E-state index contributed by atoms with van der Waals surface area (Å²) < 4.78 is 0. The van der Waals surface area contributed by atoms with Crippen molar-refractivity contribution in [2.75, 3.05) is 33.2 Å². The number of piperazine rings is 1. The molecule has 1 fully saturated rings. The summed E-state index contributed by atoms with van der Waals surface area (Å²) in [6.45, 7) is 6.29. The molecule has 1 aromatic rings. The van der Waals surface area contributed by atoms with Crippen LogP contribution in [-0.2, 0) is 0 Å². The molecule has 1 saturated heterocycles. The second-order valence-corrected chi connectivity index (χ2v) is 4.70. The molecule has 0 aliphatic carbocycles. The van der Waals surface area contributed by atoms with Gasteiger partial charge in [0.25, 0.3) is 0 Å². The van der Waals surface area contributed by atoms with E-state index in [0.29, 0.717) is 5.75 Å². The van der Waals surface area contributed by atoms with Crippen molar-refractivity contribution in [3.05, 3.63) is 29.8 Å². The van der Waals surface area contributed by atoms with Gasteiger partial charge >= 0.3 is 0 Å². The van der Waals surface area contributed by atoms with Gasteiger partial charge < -0.3 is 10.0 Å². The van der Waals surface area contributed by atoms with Crippen LogP contribution in [0.4, 0.5) is 0 Å². The van der Waals surface area contributed by atoms with Crippen LogP contribution in [0.3, 0.4) is 0 Å². The summed E-state index contributed by atoms with van der Waals surface area (Å²) in [6, 6.07) is 7.64. The van der Waals surface area contributed by atoms with Gasteiger partial charge in [0.1, 0.15) is 5.75 Å². The molecule has 1 unspecified atom stereocenters. The maximum atomic E-state index is 9.79. The minimum atomic E-state index is 0.139. The van der Waals surface area contributed by atoms with Crippen LogP contribution in [0.25, 0.3) is 0 Å². The topological polar surface area (TPSA) is 38.7 Å². The highest BCUT2D eigenvalue weighted by molar-refractivity contribution is 5.33. The minimum absolute atomic E-state index is 0.139. The second kappa shape index (κ2) is 5.49. The van der Waals surface area contributed by atoms with Crippen LogP contribution in [-0.4, -0.2) is 48.2 Å². The minimum Gasteiger partial charge on any atom is -0.508 e. The van der Waals surface area contributed by atoms with Crippen molar-refractivity contribution in [3.63, 3.8) is 0 Å². The Labute approximate surface area is 103 Å². The number of nitrogens with one attached hydrogen (secondary N) is 1. The van der Waals surface area contributed by atoms with Crippen LogP contribution in [0.5, 0.6) is 5.75 Å². The summed E-state index contributed by atoms with van der Waals surface area (Å²) in [7, 11) is 2.14. The van der Waals surface area contributed by atoms with E-state index in [0.717, 1.165) is 31.7 Å². The van der Waals surface area contributed by atoms with Gasteiger partial charge in [0, 0.05) is 37.8 Å². The molecule has 2 rings (SSSR count).